The lowest BCUT2D eigenvalue weighted by molar-refractivity contribution is 0.0420. The molecule has 0 bridgehead atoms. The first kappa shape index (κ1) is 12.0. The third kappa shape index (κ3) is 2.82. The van der Waals surface area contributed by atoms with Crippen LogP contribution in [0.15, 0.2) is 18.2 Å². The van der Waals surface area contributed by atoms with Gasteiger partial charge in [0.05, 0.1) is 11.7 Å². The molecular weight excluding hydrogens is 221 g/mol. The fraction of sp³-hybridized carbons (Fsp3) is 0.462. The van der Waals surface area contributed by atoms with Gasteiger partial charge in [-0.05, 0) is 37.8 Å². The van der Waals surface area contributed by atoms with Gasteiger partial charge < -0.3 is 10.4 Å². The summed E-state index contributed by atoms with van der Waals surface area (Å²) in [4.78, 5) is 11.7. The lowest BCUT2D eigenvalue weighted by atomic mass is 9.82. The molecule has 1 fully saturated rings. The van der Waals surface area contributed by atoms with Crippen LogP contribution in [0.4, 0.5) is 4.39 Å². The summed E-state index contributed by atoms with van der Waals surface area (Å²) < 4.78 is 13.4. The maximum Gasteiger partial charge on any atom is 0.254 e. The quantitative estimate of drug-likeness (QED) is 0.839. The molecule has 2 N–H and O–H groups in total. The Morgan fingerprint density at radius 2 is 2.24 bits per heavy atom. The number of aliphatic hydroxyl groups excluding tert-OH is 1. The Balaban J connectivity index is 1.92. The van der Waals surface area contributed by atoms with Gasteiger partial charge in [0.2, 0.25) is 0 Å². The SMILES string of the molecule is Cc1ccc(F)c(C(=O)NCC2CC(O)C2)c1. The van der Waals surface area contributed by atoms with E-state index in [0.29, 0.717) is 12.5 Å². The van der Waals surface area contributed by atoms with Crippen LogP contribution in [0.1, 0.15) is 28.8 Å². The largest absolute Gasteiger partial charge is 0.393 e. The Hall–Kier alpha value is -1.42. The van der Waals surface area contributed by atoms with E-state index in [2.05, 4.69) is 5.32 Å². The van der Waals surface area contributed by atoms with Crippen molar-refractivity contribution in [3.05, 3.63) is 35.1 Å². The van der Waals surface area contributed by atoms with Crippen molar-refractivity contribution in [1.82, 2.24) is 5.32 Å². The van der Waals surface area contributed by atoms with Gasteiger partial charge in [-0.15, -0.1) is 0 Å². The standard InChI is InChI=1S/C13H16FNO2/c1-8-2-3-12(14)11(4-8)13(17)15-7-9-5-10(16)6-9/h2-4,9-10,16H,5-7H2,1H3,(H,15,17). The number of hydrogen-bond acceptors (Lipinski definition) is 2. The number of carbonyl (C=O) groups is 1. The van der Waals surface area contributed by atoms with E-state index in [0.717, 1.165) is 18.4 Å². The molecule has 1 amide bonds. The molecule has 1 aromatic rings. The summed E-state index contributed by atoms with van der Waals surface area (Å²) in [5, 5.41) is 11.8. The van der Waals surface area contributed by atoms with Gasteiger partial charge in [0.15, 0.2) is 0 Å². The van der Waals surface area contributed by atoms with Crippen molar-refractivity contribution in [2.45, 2.75) is 25.9 Å². The van der Waals surface area contributed by atoms with Crippen LogP contribution in [-0.2, 0) is 0 Å². The predicted octanol–water partition coefficient (Wildman–Crippen LogP) is 1.63. The minimum atomic E-state index is -0.498. The maximum atomic E-state index is 13.4. The van der Waals surface area contributed by atoms with E-state index in [1.165, 1.54) is 6.07 Å². The summed E-state index contributed by atoms with van der Waals surface area (Å²) >= 11 is 0. The Morgan fingerprint density at radius 1 is 1.53 bits per heavy atom. The average Bonchev–Trinajstić information content (AvgIpc) is 2.26. The van der Waals surface area contributed by atoms with Crippen LogP contribution >= 0.6 is 0 Å². The van der Waals surface area contributed by atoms with Gasteiger partial charge in [-0.25, -0.2) is 4.39 Å². The van der Waals surface area contributed by atoms with Gasteiger partial charge >= 0.3 is 0 Å². The highest BCUT2D eigenvalue weighted by Gasteiger charge is 2.27. The van der Waals surface area contributed by atoms with Gasteiger partial charge in [0.1, 0.15) is 5.82 Å². The third-order valence-corrected chi connectivity index (χ3v) is 3.13. The van der Waals surface area contributed by atoms with Crippen molar-refractivity contribution in [2.75, 3.05) is 6.54 Å². The van der Waals surface area contributed by atoms with E-state index in [1.54, 1.807) is 12.1 Å². The van der Waals surface area contributed by atoms with E-state index in [-0.39, 0.29) is 17.6 Å². The topological polar surface area (TPSA) is 49.3 Å². The molecule has 2 rings (SSSR count). The van der Waals surface area contributed by atoms with E-state index in [9.17, 15) is 9.18 Å². The Labute approximate surface area is 99.7 Å². The van der Waals surface area contributed by atoms with Gasteiger partial charge in [-0.2, -0.15) is 0 Å². The zero-order chi connectivity index (χ0) is 12.4. The highest BCUT2D eigenvalue weighted by atomic mass is 19.1. The predicted molar refractivity (Wildman–Crippen MR) is 62.2 cm³/mol. The second-order valence-corrected chi connectivity index (χ2v) is 4.68. The summed E-state index contributed by atoms with van der Waals surface area (Å²) in [6.45, 7) is 2.32. The summed E-state index contributed by atoms with van der Waals surface area (Å²) in [6, 6.07) is 4.48. The Bertz CT molecular complexity index is 427. The molecule has 92 valence electrons. The number of aryl methyl sites for hydroxylation is 1. The fourth-order valence-electron chi connectivity index (χ4n) is 2.01. The first-order valence-corrected chi connectivity index (χ1v) is 5.78. The van der Waals surface area contributed by atoms with Crippen LogP contribution in [-0.4, -0.2) is 23.7 Å². The highest BCUT2D eigenvalue weighted by Crippen LogP contribution is 2.26. The van der Waals surface area contributed by atoms with Crippen LogP contribution in [0.5, 0.6) is 0 Å². The van der Waals surface area contributed by atoms with E-state index in [1.807, 2.05) is 6.92 Å². The van der Waals surface area contributed by atoms with Crippen molar-refractivity contribution in [3.63, 3.8) is 0 Å². The van der Waals surface area contributed by atoms with Crippen molar-refractivity contribution in [1.29, 1.82) is 0 Å². The van der Waals surface area contributed by atoms with E-state index in [4.69, 9.17) is 5.11 Å². The maximum absolute atomic E-state index is 13.4. The van der Waals surface area contributed by atoms with Crippen molar-refractivity contribution >= 4 is 5.91 Å². The molecular formula is C13H16FNO2. The summed E-state index contributed by atoms with van der Waals surface area (Å²) in [5.41, 5.74) is 0.945. The normalized spacial score (nSPS) is 23.0. The molecule has 0 spiro atoms. The van der Waals surface area contributed by atoms with Crippen LogP contribution < -0.4 is 5.32 Å². The number of halogens is 1. The minimum Gasteiger partial charge on any atom is -0.393 e. The van der Waals surface area contributed by atoms with Crippen LogP contribution in [0, 0.1) is 18.7 Å². The number of benzene rings is 1. The molecule has 0 unspecified atom stereocenters. The van der Waals surface area contributed by atoms with Gasteiger partial charge in [0, 0.05) is 6.54 Å². The average molecular weight is 237 g/mol. The second kappa shape index (κ2) is 4.84. The van der Waals surface area contributed by atoms with E-state index >= 15 is 0 Å². The number of carbonyl (C=O) groups excluding carboxylic acids is 1. The number of nitrogens with one attached hydrogen (secondary N) is 1. The molecule has 0 radical (unpaired) electrons. The molecule has 1 aliphatic carbocycles. The monoisotopic (exact) mass is 237 g/mol. The van der Waals surface area contributed by atoms with Crippen LogP contribution in [0.25, 0.3) is 0 Å². The molecule has 0 atom stereocenters. The van der Waals surface area contributed by atoms with Crippen LogP contribution in [0.2, 0.25) is 0 Å². The van der Waals surface area contributed by atoms with Crippen molar-refractivity contribution in [2.24, 2.45) is 5.92 Å². The number of hydrogen-bond donors (Lipinski definition) is 2. The Morgan fingerprint density at radius 3 is 2.88 bits per heavy atom. The Kier molecular flexibility index (Phi) is 3.43. The van der Waals surface area contributed by atoms with Gasteiger partial charge in [-0.1, -0.05) is 11.6 Å². The third-order valence-electron chi connectivity index (χ3n) is 3.13. The summed E-state index contributed by atoms with van der Waals surface area (Å²) in [5.74, 6) is -0.559. The zero-order valence-electron chi connectivity index (χ0n) is 9.74. The number of rotatable bonds is 3. The molecule has 4 heteroatoms. The molecule has 0 saturated heterocycles. The molecule has 3 nitrogen and oxygen atoms in total. The first-order valence-electron chi connectivity index (χ1n) is 5.78. The van der Waals surface area contributed by atoms with Crippen molar-refractivity contribution in [3.8, 4) is 0 Å². The van der Waals surface area contributed by atoms with Gasteiger partial charge in [-0.3, -0.25) is 4.79 Å². The first-order chi connectivity index (χ1) is 8.06. The molecule has 1 saturated carbocycles. The van der Waals surface area contributed by atoms with Crippen molar-refractivity contribution < 1.29 is 14.3 Å². The van der Waals surface area contributed by atoms with Crippen LogP contribution in [0.3, 0.4) is 0 Å². The molecule has 1 aromatic carbocycles. The summed E-state index contributed by atoms with van der Waals surface area (Å²) in [7, 11) is 0. The molecule has 0 aromatic heterocycles. The lowest BCUT2D eigenvalue weighted by Crippen LogP contribution is -2.38. The molecule has 17 heavy (non-hydrogen) atoms. The number of amides is 1. The second-order valence-electron chi connectivity index (χ2n) is 4.68. The highest BCUT2D eigenvalue weighted by molar-refractivity contribution is 5.94. The molecule has 1 aliphatic rings. The minimum absolute atomic E-state index is 0.0878. The fourth-order valence-corrected chi connectivity index (χ4v) is 2.01. The zero-order valence-corrected chi connectivity index (χ0v) is 9.74. The smallest absolute Gasteiger partial charge is 0.254 e. The molecule has 0 heterocycles. The van der Waals surface area contributed by atoms with E-state index < -0.39 is 5.82 Å². The lowest BCUT2D eigenvalue weighted by Gasteiger charge is -2.31. The van der Waals surface area contributed by atoms with Gasteiger partial charge in [0.25, 0.3) is 5.91 Å². The summed E-state index contributed by atoms with van der Waals surface area (Å²) in [6.07, 6.45) is 1.21. The molecule has 0 aliphatic heterocycles. The number of aliphatic hydroxyl groups is 1.